The third-order valence-corrected chi connectivity index (χ3v) is 4.26. The van der Waals surface area contributed by atoms with Gasteiger partial charge >= 0.3 is 5.97 Å². The van der Waals surface area contributed by atoms with Gasteiger partial charge in [0.2, 0.25) is 0 Å². The monoisotopic (exact) mass is 383 g/mol. The first-order valence-electron chi connectivity index (χ1n) is 7.72. The number of nitriles is 1. The Balaban J connectivity index is 2.34. The van der Waals surface area contributed by atoms with E-state index in [9.17, 15) is 10.1 Å². The van der Waals surface area contributed by atoms with Crippen LogP contribution >= 0.6 is 15.9 Å². The molecule has 2 aromatic carbocycles. The summed E-state index contributed by atoms with van der Waals surface area (Å²) in [5.41, 5.74) is 2.26. The van der Waals surface area contributed by atoms with Gasteiger partial charge in [-0.3, -0.25) is 0 Å². The van der Waals surface area contributed by atoms with Crippen LogP contribution in [0.4, 0.5) is 0 Å². The van der Waals surface area contributed by atoms with Crippen LogP contribution < -0.4 is 0 Å². The Morgan fingerprint density at radius 1 is 1.21 bits per heavy atom. The fourth-order valence-electron chi connectivity index (χ4n) is 2.38. The summed E-state index contributed by atoms with van der Waals surface area (Å²) in [5.74, 6) is -0.811. The molecular formula is C20H18BrNO2. The molecule has 0 saturated heterocycles. The molecule has 0 aliphatic rings. The number of ether oxygens (including phenoxy) is 1. The number of esters is 1. The summed E-state index contributed by atoms with van der Waals surface area (Å²) in [6.07, 6.45) is 2.09. The predicted molar refractivity (Wildman–Crippen MR) is 98.2 cm³/mol. The normalized spacial score (nSPS) is 12.3. The minimum absolute atomic E-state index is 0.298. The van der Waals surface area contributed by atoms with Gasteiger partial charge in [0.15, 0.2) is 0 Å². The molecule has 4 heteroatoms. The maximum Gasteiger partial charge on any atom is 0.334 e. The van der Waals surface area contributed by atoms with E-state index in [1.54, 1.807) is 13.0 Å². The molecule has 0 heterocycles. The number of benzene rings is 2. The molecule has 2 rings (SSSR count). The largest absolute Gasteiger partial charge is 0.463 e. The van der Waals surface area contributed by atoms with E-state index in [0.717, 1.165) is 15.6 Å². The van der Waals surface area contributed by atoms with Gasteiger partial charge in [-0.1, -0.05) is 64.5 Å². The molecule has 0 bridgehead atoms. The smallest absolute Gasteiger partial charge is 0.334 e. The Bertz CT molecular complexity index is 763. The Morgan fingerprint density at radius 3 is 2.50 bits per heavy atom. The highest BCUT2D eigenvalue weighted by atomic mass is 79.9. The molecule has 0 spiro atoms. The Hall–Kier alpha value is -2.38. The van der Waals surface area contributed by atoms with E-state index in [-0.39, 0.29) is 5.97 Å². The minimum Gasteiger partial charge on any atom is -0.463 e. The van der Waals surface area contributed by atoms with Crippen LogP contribution in [0.5, 0.6) is 0 Å². The third kappa shape index (κ3) is 4.81. The first kappa shape index (κ1) is 18.0. The van der Waals surface area contributed by atoms with Crippen LogP contribution in [0.3, 0.4) is 0 Å². The van der Waals surface area contributed by atoms with Gasteiger partial charge in [-0.05, 0) is 36.6 Å². The molecule has 1 atom stereocenters. The van der Waals surface area contributed by atoms with Crippen molar-refractivity contribution in [3.63, 3.8) is 0 Å². The summed E-state index contributed by atoms with van der Waals surface area (Å²) in [7, 11) is 0. The molecule has 24 heavy (non-hydrogen) atoms. The quantitative estimate of drug-likeness (QED) is 0.515. The molecule has 0 N–H and O–H groups in total. The van der Waals surface area contributed by atoms with Crippen LogP contribution in [0.15, 0.2) is 64.6 Å². The van der Waals surface area contributed by atoms with E-state index >= 15 is 0 Å². The van der Waals surface area contributed by atoms with Gasteiger partial charge < -0.3 is 4.74 Å². The summed E-state index contributed by atoms with van der Waals surface area (Å²) in [6, 6.07) is 19.4. The number of nitrogens with zero attached hydrogens (tertiary/aromatic N) is 1. The van der Waals surface area contributed by atoms with Crippen LogP contribution in [0, 0.1) is 11.3 Å². The zero-order chi connectivity index (χ0) is 17.4. The second kappa shape index (κ2) is 9.05. The average molecular weight is 384 g/mol. The third-order valence-electron chi connectivity index (χ3n) is 3.54. The molecule has 1 unspecified atom stereocenters. The molecule has 0 fully saturated rings. The first-order valence-corrected chi connectivity index (χ1v) is 8.51. The van der Waals surface area contributed by atoms with E-state index in [4.69, 9.17) is 4.74 Å². The topological polar surface area (TPSA) is 50.1 Å². The predicted octanol–water partition coefficient (Wildman–Crippen LogP) is 5.09. The zero-order valence-corrected chi connectivity index (χ0v) is 15.0. The van der Waals surface area contributed by atoms with Gasteiger partial charge in [0.1, 0.15) is 0 Å². The maximum atomic E-state index is 12.3. The summed E-state index contributed by atoms with van der Waals surface area (Å²) < 4.78 is 6.02. The number of halogens is 1. The van der Waals surface area contributed by atoms with E-state index in [1.165, 1.54) is 0 Å². The highest BCUT2D eigenvalue weighted by Gasteiger charge is 2.20. The van der Waals surface area contributed by atoms with E-state index in [0.29, 0.717) is 18.6 Å². The van der Waals surface area contributed by atoms with Crippen molar-refractivity contribution in [1.29, 1.82) is 5.26 Å². The van der Waals surface area contributed by atoms with Crippen LogP contribution in [0.25, 0.3) is 6.08 Å². The van der Waals surface area contributed by atoms with E-state index < -0.39 is 5.92 Å². The zero-order valence-electron chi connectivity index (χ0n) is 13.4. The van der Waals surface area contributed by atoms with Crippen molar-refractivity contribution in [2.24, 2.45) is 0 Å². The van der Waals surface area contributed by atoms with Gasteiger partial charge in [0.05, 0.1) is 18.6 Å². The van der Waals surface area contributed by atoms with Crippen LogP contribution in [-0.2, 0) is 9.53 Å². The number of rotatable bonds is 6. The molecule has 0 aliphatic carbocycles. The minimum atomic E-state index is -0.431. The molecular weight excluding hydrogens is 366 g/mol. The molecule has 0 saturated carbocycles. The van der Waals surface area contributed by atoms with E-state index in [2.05, 4.69) is 22.0 Å². The molecule has 0 aromatic heterocycles. The summed E-state index contributed by atoms with van der Waals surface area (Å²) in [4.78, 5) is 12.3. The lowest BCUT2D eigenvalue weighted by Crippen LogP contribution is -2.11. The number of hydrogen-bond acceptors (Lipinski definition) is 3. The second-order valence-corrected chi connectivity index (χ2v) is 6.06. The van der Waals surface area contributed by atoms with Gasteiger partial charge in [-0.25, -0.2) is 4.79 Å². The Kier molecular flexibility index (Phi) is 6.77. The van der Waals surface area contributed by atoms with E-state index in [1.807, 2.05) is 54.6 Å². The fraction of sp³-hybridized carbons (Fsp3) is 0.200. The van der Waals surface area contributed by atoms with Gasteiger partial charge in [-0.15, -0.1) is 0 Å². The van der Waals surface area contributed by atoms with Crippen molar-refractivity contribution < 1.29 is 9.53 Å². The number of carbonyl (C=O) groups is 1. The lowest BCUT2D eigenvalue weighted by Gasteiger charge is -2.14. The second-order valence-electron chi connectivity index (χ2n) is 5.21. The van der Waals surface area contributed by atoms with Crippen molar-refractivity contribution in [2.45, 2.75) is 19.3 Å². The lowest BCUT2D eigenvalue weighted by molar-refractivity contribution is -0.138. The van der Waals surface area contributed by atoms with Crippen LogP contribution in [-0.4, -0.2) is 12.6 Å². The van der Waals surface area contributed by atoms with Crippen molar-refractivity contribution >= 4 is 28.0 Å². The first-order chi connectivity index (χ1) is 11.7. The standard InChI is InChI=1S/C20H18BrNO2/c1-2-24-20(23)16(12-15-8-4-3-5-9-15)13-17(14-22)18-10-6-7-11-19(18)21/h3-12,17H,2,13H2,1H3/b16-12-. The Morgan fingerprint density at radius 2 is 1.88 bits per heavy atom. The number of carbonyl (C=O) groups excluding carboxylic acids is 1. The molecule has 3 nitrogen and oxygen atoms in total. The maximum absolute atomic E-state index is 12.3. The molecule has 0 radical (unpaired) electrons. The summed E-state index contributed by atoms with van der Waals surface area (Å²) in [6.45, 7) is 2.07. The average Bonchev–Trinajstić information content (AvgIpc) is 2.60. The molecule has 0 aliphatic heterocycles. The fourth-order valence-corrected chi connectivity index (χ4v) is 2.94. The van der Waals surface area contributed by atoms with Gasteiger partial charge in [0.25, 0.3) is 0 Å². The van der Waals surface area contributed by atoms with Gasteiger partial charge in [-0.2, -0.15) is 5.26 Å². The summed E-state index contributed by atoms with van der Waals surface area (Å²) in [5, 5.41) is 9.58. The van der Waals surface area contributed by atoms with Gasteiger partial charge in [0, 0.05) is 10.0 Å². The van der Waals surface area contributed by atoms with Crippen molar-refractivity contribution in [1.82, 2.24) is 0 Å². The van der Waals surface area contributed by atoms with Crippen LogP contribution in [0.2, 0.25) is 0 Å². The molecule has 2 aromatic rings. The Labute approximate surface area is 150 Å². The lowest BCUT2D eigenvalue weighted by atomic mass is 9.92. The van der Waals surface area contributed by atoms with Crippen molar-refractivity contribution in [2.75, 3.05) is 6.61 Å². The number of hydrogen-bond donors (Lipinski definition) is 0. The van der Waals surface area contributed by atoms with Crippen molar-refractivity contribution in [3.05, 3.63) is 75.8 Å². The molecule has 122 valence electrons. The molecule has 0 amide bonds. The van der Waals surface area contributed by atoms with Crippen molar-refractivity contribution in [3.8, 4) is 6.07 Å². The van der Waals surface area contributed by atoms with Crippen LogP contribution in [0.1, 0.15) is 30.4 Å². The summed E-state index contributed by atoms with van der Waals surface area (Å²) >= 11 is 3.48. The highest BCUT2D eigenvalue weighted by molar-refractivity contribution is 9.10. The SMILES string of the molecule is CCOC(=O)/C(=C\c1ccccc1)CC(C#N)c1ccccc1Br. The highest BCUT2D eigenvalue weighted by Crippen LogP contribution is 2.30.